The Balaban J connectivity index is 1.42. The largest absolute Gasteiger partial charge is 0.447 e. The van der Waals surface area contributed by atoms with E-state index < -0.39 is 5.91 Å². The van der Waals surface area contributed by atoms with Gasteiger partial charge in [-0.05, 0) is 69.1 Å². The highest BCUT2D eigenvalue weighted by atomic mass is 32.1. The summed E-state index contributed by atoms with van der Waals surface area (Å²) in [6, 6.07) is 10.8. The second-order valence-corrected chi connectivity index (χ2v) is 8.27. The number of carbonyl (C=O) groups excluding carboxylic acids is 2. The van der Waals surface area contributed by atoms with Gasteiger partial charge in [0.05, 0.1) is 4.88 Å². The number of thiophene rings is 1. The van der Waals surface area contributed by atoms with Crippen LogP contribution in [0.15, 0.2) is 36.4 Å². The first-order valence-electron chi connectivity index (χ1n) is 9.24. The molecule has 3 aliphatic rings. The van der Waals surface area contributed by atoms with E-state index in [0.29, 0.717) is 33.2 Å². The van der Waals surface area contributed by atoms with Gasteiger partial charge in [-0.2, -0.15) is 0 Å². The molecule has 2 amide bonds. The van der Waals surface area contributed by atoms with Crippen molar-refractivity contribution in [3.05, 3.63) is 46.8 Å². The molecule has 3 aliphatic heterocycles. The van der Waals surface area contributed by atoms with Crippen LogP contribution in [0, 0.1) is 5.92 Å². The molecule has 4 heterocycles. The molecule has 0 spiro atoms. The third-order valence-electron chi connectivity index (χ3n) is 5.62. The van der Waals surface area contributed by atoms with Gasteiger partial charge < -0.3 is 15.8 Å². The van der Waals surface area contributed by atoms with E-state index in [2.05, 4.69) is 17.1 Å². The Hall–Kier alpha value is -2.38. The highest BCUT2D eigenvalue weighted by molar-refractivity contribution is 7.15. The average Bonchev–Trinajstić information content (AvgIpc) is 3.14. The number of amides is 2. The summed E-state index contributed by atoms with van der Waals surface area (Å²) in [5.74, 6) is 0.539. The van der Waals surface area contributed by atoms with Gasteiger partial charge in [0, 0.05) is 17.6 Å². The van der Waals surface area contributed by atoms with Crippen LogP contribution in [0.1, 0.15) is 39.8 Å². The molecular formula is C20H23N3O3S. The normalized spacial score (nSPS) is 26.6. The number of rotatable bonds is 5. The van der Waals surface area contributed by atoms with Gasteiger partial charge in [0.25, 0.3) is 5.91 Å². The van der Waals surface area contributed by atoms with Crippen molar-refractivity contribution in [2.24, 2.45) is 11.7 Å². The van der Waals surface area contributed by atoms with Gasteiger partial charge in [-0.1, -0.05) is 17.4 Å². The van der Waals surface area contributed by atoms with Crippen molar-refractivity contribution < 1.29 is 14.3 Å². The lowest BCUT2D eigenvalue weighted by molar-refractivity contribution is 0.0218. The van der Waals surface area contributed by atoms with Crippen LogP contribution in [0.5, 0.6) is 10.8 Å². The Morgan fingerprint density at radius 3 is 2.70 bits per heavy atom. The summed E-state index contributed by atoms with van der Waals surface area (Å²) >= 11 is 1.30. The summed E-state index contributed by atoms with van der Waals surface area (Å²) in [5, 5.41) is 3.83. The van der Waals surface area contributed by atoms with Crippen molar-refractivity contribution in [1.82, 2.24) is 10.2 Å². The summed E-state index contributed by atoms with van der Waals surface area (Å²) in [6.45, 7) is 4.48. The quantitative estimate of drug-likeness (QED) is 0.829. The van der Waals surface area contributed by atoms with Crippen LogP contribution < -0.4 is 15.8 Å². The van der Waals surface area contributed by atoms with Crippen LogP contribution in [0.3, 0.4) is 0 Å². The molecule has 2 aromatic rings. The molecule has 7 heteroatoms. The van der Waals surface area contributed by atoms with E-state index in [-0.39, 0.29) is 11.9 Å². The highest BCUT2D eigenvalue weighted by Gasteiger charge is 2.40. The lowest BCUT2D eigenvalue weighted by Gasteiger charge is -2.49. The van der Waals surface area contributed by atoms with Crippen molar-refractivity contribution >= 4 is 23.2 Å². The zero-order chi connectivity index (χ0) is 19.0. The second kappa shape index (κ2) is 7.32. The Kier molecular flexibility index (Phi) is 4.88. The Morgan fingerprint density at radius 2 is 2.00 bits per heavy atom. The molecule has 3 N–H and O–H groups in total. The number of carbonyl (C=O) groups is 2. The molecule has 2 unspecified atom stereocenters. The molecule has 0 saturated carbocycles. The van der Waals surface area contributed by atoms with E-state index in [1.165, 1.54) is 11.3 Å². The highest BCUT2D eigenvalue weighted by Crippen LogP contribution is 2.33. The zero-order valence-corrected chi connectivity index (χ0v) is 16.0. The van der Waals surface area contributed by atoms with Gasteiger partial charge >= 0.3 is 0 Å². The summed E-state index contributed by atoms with van der Waals surface area (Å²) in [6.07, 6.45) is 2.31. The number of nitrogens with one attached hydrogen (secondary N) is 1. The third kappa shape index (κ3) is 3.70. The fourth-order valence-electron chi connectivity index (χ4n) is 4.09. The van der Waals surface area contributed by atoms with Crippen LogP contribution in [-0.2, 0) is 0 Å². The molecule has 27 heavy (non-hydrogen) atoms. The molecule has 142 valence electrons. The van der Waals surface area contributed by atoms with Crippen molar-refractivity contribution in [2.75, 3.05) is 13.1 Å². The van der Waals surface area contributed by atoms with Gasteiger partial charge in [-0.15, -0.1) is 0 Å². The predicted octanol–water partition coefficient (Wildman–Crippen LogP) is 2.85. The minimum Gasteiger partial charge on any atom is -0.447 e. The smallest absolute Gasteiger partial charge is 0.261 e. The number of benzene rings is 1. The summed E-state index contributed by atoms with van der Waals surface area (Å²) in [7, 11) is 0. The monoisotopic (exact) mass is 385 g/mol. The molecule has 6 nitrogen and oxygen atoms in total. The first kappa shape index (κ1) is 18.0. The van der Waals surface area contributed by atoms with E-state index >= 15 is 0 Å². The number of hydrogen-bond acceptors (Lipinski definition) is 5. The van der Waals surface area contributed by atoms with Crippen LogP contribution in [0.4, 0.5) is 0 Å². The molecule has 5 rings (SSSR count). The first-order valence-corrected chi connectivity index (χ1v) is 10.1. The Morgan fingerprint density at radius 1 is 1.22 bits per heavy atom. The lowest BCUT2D eigenvalue weighted by atomic mass is 9.79. The molecule has 1 aromatic carbocycles. The number of nitrogens with zero attached hydrogens (tertiary/aromatic N) is 1. The van der Waals surface area contributed by atoms with Crippen LogP contribution in [0.25, 0.3) is 0 Å². The number of ether oxygens (including phenoxy) is 1. The lowest BCUT2D eigenvalue weighted by Crippen LogP contribution is -2.62. The maximum absolute atomic E-state index is 12.7. The van der Waals surface area contributed by atoms with E-state index in [1.54, 1.807) is 36.4 Å². The van der Waals surface area contributed by atoms with Gasteiger partial charge in [0.2, 0.25) is 5.91 Å². The van der Waals surface area contributed by atoms with Gasteiger partial charge in [0.15, 0.2) is 5.06 Å². The number of fused-ring (bicyclic) bond motifs is 3. The van der Waals surface area contributed by atoms with Crippen molar-refractivity contribution in [3.8, 4) is 10.8 Å². The first-order chi connectivity index (χ1) is 13.0. The molecule has 2 atom stereocenters. The molecular weight excluding hydrogens is 362 g/mol. The number of piperidine rings is 3. The van der Waals surface area contributed by atoms with E-state index in [9.17, 15) is 9.59 Å². The fraction of sp³-hybridized carbons (Fsp3) is 0.400. The van der Waals surface area contributed by atoms with Crippen LogP contribution in [-0.4, -0.2) is 41.9 Å². The van der Waals surface area contributed by atoms with Gasteiger partial charge in [-0.3, -0.25) is 14.5 Å². The van der Waals surface area contributed by atoms with Crippen molar-refractivity contribution in [2.45, 2.75) is 31.8 Å². The van der Waals surface area contributed by atoms with Crippen molar-refractivity contribution in [3.63, 3.8) is 0 Å². The SMILES string of the molecule is CC1C(NC(=O)c2ccc(Oc3cccc(C(N)=O)c3)s2)C2CCN1CC2. The number of hydrogen-bond donors (Lipinski definition) is 2. The second-order valence-electron chi connectivity index (χ2n) is 7.23. The minimum atomic E-state index is -0.502. The molecule has 3 saturated heterocycles. The zero-order valence-electron chi connectivity index (χ0n) is 15.2. The molecule has 0 aliphatic carbocycles. The van der Waals surface area contributed by atoms with E-state index in [1.807, 2.05) is 0 Å². The molecule has 2 bridgehead atoms. The maximum atomic E-state index is 12.7. The molecule has 0 radical (unpaired) electrons. The Labute approximate surface area is 162 Å². The van der Waals surface area contributed by atoms with Crippen LogP contribution >= 0.6 is 11.3 Å². The summed E-state index contributed by atoms with van der Waals surface area (Å²) in [5.41, 5.74) is 5.68. The third-order valence-corrected chi connectivity index (χ3v) is 6.58. The van der Waals surface area contributed by atoms with Gasteiger partial charge in [0.1, 0.15) is 5.75 Å². The van der Waals surface area contributed by atoms with E-state index in [0.717, 1.165) is 25.9 Å². The predicted molar refractivity (Wildman–Crippen MR) is 104 cm³/mol. The fourth-order valence-corrected chi connectivity index (χ4v) is 4.87. The minimum absolute atomic E-state index is 0.0497. The standard InChI is InChI=1S/C20H23N3O3S/c1-12-18(13-7-9-23(12)10-8-13)22-20(25)16-5-6-17(27-16)26-15-4-2-3-14(11-15)19(21)24/h2-6,11-13,18H,7-10H2,1H3,(H2,21,24)(H,22,25). The maximum Gasteiger partial charge on any atom is 0.261 e. The number of nitrogens with two attached hydrogens (primary N) is 1. The Bertz CT molecular complexity index is 856. The number of primary amides is 1. The average molecular weight is 385 g/mol. The molecule has 3 fully saturated rings. The van der Waals surface area contributed by atoms with Gasteiger partial charge in [-0.25, -0.2) is 0 Å². The van der Waals surface area contributed by atoms with Crippen LogP contribution in [0.2, 0.25) is 0 Å². The van der Waals surface area contributed by atoms with E-state index in [4.69, 9.17) is 10.5 Å². The molecule has 1 aromatic heterocycles. The summed E-state index contributed by atoms with van der Waals surface area (Å²) < 4.78 is 5.78. The summed E-state index contributed by atoms with van der Waals surface area (Å²) in [4.78, 5) is 27.1. The van der Waals surface area contributed by atoms with Crippen molar-refractivity contribution in [1.29, 1.82) is 0 Å². The topological polar surface area (TPSA) is 84.7 Å².